The van der Waals surface area contributed by atoms with E-state index in [0.717, 1.165) is 60.0 Å². The Labute approximate surface area is 175 Å². The maximum Gasteiger partial charge on any atom is 0.167 e. The molecular weight excluding hydrogens is 420 g/mol. The van der Waals surface area contributed by atoms with Crippen molar-refractivity contribution >= 4 is 27.7 Å². The molecule has 0 N–H and O–H groups in total. The van der Waals surface area contributed by atoms with Gasteiger partial charge in [0.1, 0.15) is 5.75 Å². The zero-order valence-corrected chi connectivity index (χ0v) is 18.2. The molecule has 1 aliphatic heterocycles. The van der Waals surface area contributed by atoms with E-state index in [2.05, 4.69) is 50.0 Å². The number of ether oxygens (including phenoxy) is 3. The van der Waals surface area contributed by atoms with Crippen LogP contribution in [0.25, 0.3) is 6.08 Å². The van der Waals surface area contributed by atoms with Crippen LogP contribution < -0.4 is 19.1 Å². The Morgan fingerprint density at radius 2 is 1.68 bits per heavy atom. The van der Waals surface area contributed by atoms with Crippen LogP contribution in [-0.4, -0.2) is 59.0 Å². The van der Waals surface area contributed by atoms with Gasteiger partial charge in [0.05, 0.1) is 25.8 Å². The number of hydrogen-bond donors (Lipinski definition) is 0. The lowest BCUT2D eigenvalue weighted by atomic mass is 10.1. The van der Waals surface area contributed by atoms with E-state index in [1.807, 2.05) is 24.3 Å². The van der Waals surface area contributed by atoms with Crippen LogP contribution in [0.2, 0.25) is 0 Å². The van der Waals surface area contributed by atoms with Crippen LogP contribution in [0.5, 0.6) is 17.2 Å². The zero-order chi connectivity index (χ0) is 19.9. The molecule has 0 atom stereocenters. The first-order valence-corrected chi connectivity index (χ1v) is 10.1. The highest BCUT2D eigenvalue weighted by Crippen LogP contribution is 2.32. The Kier molecular flexibility index (Phi) is 7.23. The first-order valence-electron chi connectivity index (χ1n) is 9.34. The molecule has 5 nitrogen and oxygen atoms in total. The van der Waals surface area contributed by atoms with Gasteiger partial charge in [-0.25, -0.2) is 0 Å². The van der Waals surface area contributed by atoms with Crippen LogP contribution in [0.1, 0.15) is 5.56 Å². The van der Waals surface area contributed by atoms with E-state index in [4.69, 9.17) is 14.2 Å². The summed E-state index contributed by atoms with van der Waals surface area (Å²) in [5, 5.41) is 0. The molecule has 0 bridgehead atoms. The zero-order valence-electron chi connectivity index (χ0n) is 16.7. The van der Waals surface area contributed by atoms with Crippen LogP contribution in [0.4, 0.5) is 5.69 Å². The van der Waals surface area contributed by atoms with Gasteiger partial charge >= 0.3 is 0 Å². The van der Waals surface area contributed by atoms with E-state index in [1.165, 1.54) is 5.69 Å². The van der Waals surface area contributed by atoms with Crippen molar-refractivity contribution < 1.29 is 14.2 Å². The Morgan fingerprint density at radius 1 is 0.929 bits per heavy atom. The summed E-state index contributed by atoms with van der Waals surface area (Å²) < 4.78 is 17.3. The average Bonchev–Trinajstić information content (AvgIpc) is 2.74. The molecule has 0 unspecified atom stereocenters. The summed E-state index contributed by atoms with van der Waals surface area (Å²) in [6, 6.07) is 12.2. The summed E-state index contributed by atoms with van der Waals surface area (Å²) in [4.78, 5) is 4.86. The predicted octanol–water partition coefficient (Wildman–Crippen LogP) is 4.31. The number of methoxy groups -OCH3 is 3. The van der Waals surface area contributed by atoms with Crippen LogP contribution in [-0.2, 0) is 0 Å². The van der Waals surface area contributed by atoms with E-state index < -0.39 is 0 Å². The van der Waals surface area contributed by atoms with Gasteiger partial charge in [0.2, 0.25) is 0 Å². The highest BCUT2D eigenvalue weighted by Gasteiger charge is 2.17. The van der Waals surface area contributed by atoms with Gasteiger partial charge in [-0.2, -0.15) is 0 Å². The third kappa shape index (κ3) is 4.80. The molecule has 28 heavy (non-hydrogen) atoms. The summed E-state index contributed by atoms with van der Waals surface area (Å²) >= 11 is 3.51. The van der Waals surface area contributed by atoms with E-state index in [0.29, 0.717) is 0 Å². The lowest BCUT2D eigenvalue weighted by molar-refractivity contribution is 0.284. The van der Waals surface area contributed by atoms with Crippen molar-refractivity contribution in [3.05, 3.63) is 52.5 Å². The second-order valence-corrected chi connectivity index (χ2v) is 7.45. The summed E-state index contributed by atoms with van der Waals surface area (Å²) in [7, 11) is 5.03. The Balaban J connectivity index is 1.56. The van der Waals surface area contributed by atoms with Crippen molar-refractivity contribution in [3.63, 3.8) is 0 Å². The molecule has 0 saturated carbocycles. The first kappa shape index (κ1) is 20.6. The molecule has 1 heterocycles. The van der Waals surface area contributed by atoms with Gasteiger partial charge in [-0.05, 0) is 34.1 Å². The molecule has 2 aromatic carbocycles. The lowest BCUT2D eigenvalue weighted by Gasteiger charge is -2.35. The Bertz CT molecular complexity index is 817. The lowest BCUT2D eigenvalue weighted by Crippen LogP contribution is -2.46. The molecule has 3 rings (SSSR count). The summed E-state index contributed by atoms with van der Waals surface area (Å²) in [6.07, 6.45) is 4.29. The van der Waals surface area contributed by atoms with Crippen LogP contribution in [0.15, 0.2) is 46.9 Å². The minimum absolute atomic E-state index is 0.753. The second-order valence-electron chi connectivity index (χ2n) is 6.59. The van der Waals surface area contributed by atoms with Crippen LogP contribution in [0, 0.1) is 0 Å². The second kappa shape index (κ2) is 9.85. The van der Waals surface area contributed by atoms with Crippen molar-refractivity contribution in [2.45, 2.75) is 0 Å². The quantitative estimate of drug-likeness (QED) is 0.632. The van der Waals surface area contributed by atoms with E-state index in [9.17, 15) is 0 Å². The highest BCUT2D eigenvalue weighted by atomic mass is 79.9. The minimum atomic E-state index is 0.753. The number of rotatable bonds is 7. The van der Waals surface area contributed by atoms with E-state index >= 15 is 0 Å². The molecule has 1 aliphatic rings. The number of hydrogen-bond acceptors (Lipinski definition) is 5. The van der Waals surface area contributed by atoms with Crippen molar-refractivity contribution in [2.75, 3.05) is 59.0 Å². The summed E-state index contributed by atoms with van der Waals surface area (Å²) in [6.45, 7) is 4.97. The first-order chi connectivity index (χ1) is 13.7. The van der Waals surface area contributed by atoms with Gasteiger partial charge in [-0.3, -0.25) is 4.90 Å². The molecule has 6 heteroatoms. The molecule has 0 radical (unpaired) electrons. The number of benzene rings is 2. The monoisotopic (exact) mass is 446 g/mol. The molecule has 1 saturated heterocycles. The summed E-state index contributed by atoms with van der Waals surface area (Å²) in [5.41, 5.74) is 2.24. The number of piperazine rings is 1. The molecule has 1 fully saturated rings. The number of nitrogens with zero attached hydrogens (tertiary/aromatic N) is 2. The van der Waals surface area contributed by atoms with Crippen LogP contribution >= 0.6 is 15.9 Å². The standard InChI is InChI=1S/C22H27BrN2O3/c1-26-20-8-4-6-17(22(20)28-3)7-5-11-24-12-14-25(15-13-24)18-9-10-19(23)21(16-18)27-2/h4-10,16H,11-15H2,1-3H3/b7-5+. The Morgan fingerprint density at radius 3 is 2.36 bits per heavy atom. The van der Waals surface area contributed by atoms with E-state index in [-0.39, 0.29) is 0 Å². The predicted molar refractivity (Wildman–Crippen MR) is 118 cm³/mol. The topological polar surface area (TPSA) is 34.2 Å². The van der Waals surface area contributed by atoms with Gasteiger partial charge in [-0.15, -0.1) is 0 Å². The Hall–Kier alpha value is -2.18. The fraction of sp³-hybridized carbons (Fsp3) is 0.364. The van der Waals surface area contributed by atoms with Gasteiger partial charge in [0, 0.05) is 50.0 Å². The van der Waals surface area contributed by atoms with E-state index in [1.54, 1.807) is 21.3 Å². The highest BCUT2D eigenvalue weighted by molar-refractivity contribution is 9.10. The van der Waals surface area contributed by atoms with Crippen molar-refractivity contribution in [2.24, 2.45) is 0 Å². The van der Waals surface area contributed by atoms with Gasteiger partial charge in [0.25, 0.3) is 0 Å². The number of para-hydroxylation sites is 1. The van der Waals surface area contributed by atoms with Gasteiger partial charge < -0.3 is 19.1 Å². The largest absolute Gasteiger partial charge is 0.495 e. The number of anilines is 1. The molecule has 0 amide bonds. The third-order valence-corrected chi connectivity index (χ3v) is 5.62. The smallest absolute Gasteiger partial charge is 0.167 e. The minimum Gasteiger partial charge on any atom is -0.495 e. The molecule has 0 aromatic heterocycles. The fourth-order valence-corrected chi connectivity index (χ4v) is 3.81. The van der Waals surface area contributed by atoms with Crippen molar-refractivity contribution in [3.8, 4) is 17.2 Å². The number of halogens is 1. The van der Waals surface area contributed by atoms with Gasteiger partial charge in [0.15, 0.2) is 11.5 Å². The maximum atomic E-state index is 5.49. The van der Waals surface area contributed by atoms with Crippen LogP contribution in [0.3, 0.4) is 0 Å². The normalized spacial score (nSPS) is 15.1. The summed E-state index contributed by atoms with van der Waals surface area (Å²) in [5.74, 6) is 2.40. The SMILES string of the molecule is COc1cc(N2CCN(C/C=C/c3cccc(OC)c3OC)CC2)ccc1Br. The fourth-order valence-electron chi connectivity index (χ4n) is 3.41. The van der Waals surface area contributed by atoms with Gasteiger partial charge in [-0.1, -0.05) is 24.3 Å². The average molecular weight is 447 g/mol. The molecule has 0 aliphatic carbocycles. The van der Waals surface area contributed by atoms with Crippen molar-refractivity contribution in [1.29, 1.82) is 0 Å². The molecule has 0 spiro atoms. The maximum absolute atomic E-state index is 5.49. The molecule has 150 valence electrons. The van der Waals surface area contributed by atoms with Crippen molar-refractivity contribution in [1.82, 2.24) is 4.90 Å². The third-order valence-electron chi connectivity index (χ3n) is 4.97. The molecular formula is C22H27BrN2O3. The molecule has 2 aromatic rings.